The Bertz CT molecular complexity index is 536. The van der Waals surface area contributed by atoms with E-state index in [-0.39, 0.29) is 5.95 Å². The van der Waals surface area contributed by atoms with Crippen LogP contribution in [0.15, 0.2) is 12.7 Å². The Balaban J connectivity index is 1.92. The third-order valence-corrected chi connectivity index (χ3v) is 3.09. The molecule has 9 heteroatoms. The molecule has 0 saturated heterocycles. The van der Waals surface area contributed by atoms with Crippen LogP contribution in [0.3, 0.4) is 0 Å². The molecule has 0 aliphatic carbocycles. The van der Waals surface area contributed by atoms with Crippen molar-refractivity contribution >= 4 is 11.9 Å². The van der Waals surface area contributed by atoms with E-state index in [9.17, 15) is 0 Å². The van der Waals surface area contributed by atoms with Crippen LogP contribution in [0.1, 0.15) is 20.3 Å². The van der Waals surface area contributed by atoms with Crippen molar-refractivity contribution in [3.63, 3.8) is 0 Å². The highest BCUT2D eigenvalue weighted by Crippen LogP contribution is 2.05. The van der Waals surface area contributed by atoms with E-state index >= 15 is 0 Å². The lowest BCUT2D eigenvalue weighted by atomic mass is 10.3. The monoisotopic (exact) mass is 291 g/mol. The molecule has 3 N–H and O–H groups in total. The summed E-state index contributed by atoms with van der Waals surface area (Å²) in [6.07, 6.45) is 3.93. The normalized spacial score (nSPS) is 11.0. The molecule has 2 heterocycles. The van der Waals surface area contributed by atoms with Crippen LogP contribution in [0.4, 0.5) is 11.9 Å². The van der Waals surface area contributed by atoms with Crippen LogP contribution in [-0.4, -0.2) is 60.8 Å². The van der Waals surface area contributed by atoms with Gasteiger partial charge < -0.3 is 16.0 Å². The zero-order valence-corrected chi connectivity index (χ0v) is 12.4. The molecule has 0 atom stereocenters. The summed E-state index contributed by atoms with van der Waals surface area (Å²) in [6, 6.07) is 0. The molecule has 0 saturated carbocycles. The van der Waals surface area contributed by atoms with Gasteiger partial charge in [0.15, 0.2) is 0 Å². The number of nitrogens with zero attached hydrogens (tertiary/aromatic N) is 7. The summed E-state index contributed by atoms with van der Waals surface area (Å²) >= 11 is 0. The molecule has 114 valence electrons. The van der Waals surface area contributed by atoms with Gasteiger partial charge in [-0.15, -0.1) is 0 Å². The standard InChI is InChI=1S/C12H21N9/c1-3-20(4-2)7-5-6-15-11-17-10(13)18-12(19-11)21-9-14-8-16-21/h8-9H,3-7H2,1-2H3,(H3,13,15,17,18,19). The second-order valence-corrected chi connectivity index (χ2v) is 4.46. The average molecular weight is 291 g/mol. The van der Waals surface area contributed by atoms with Gasteiger partial charge in [0, 0.05) is 6.54 Å². The maximum Gasteiger partial charge on any atom is 0.258 e. The highest BCUT2D eigenvalue weighted by molar-refractivity contribution is 5.34. The lowest BCUT2D eigenvalue weighted by Gasteiger charge is -2.17. The molecule has 0 bridgehead atoms. The SMILES string of the molecule is CCN(CC)CCCNc1nc(N)nc(-n2cncn2)n1. The van der Waals surface area contributed by atoms with Crippen molar-refractivity contribution in [1.82, 2.24) is 34.6 Å². The number of aromatic nitrogens is 6. The Hall–Kier alpha value is -2.29. The Kier molecular flexibility index (Phi) is 5.38. The summed E-state index contributed by atoms with van der Waals surface area (Å²) in [7, 11) is 0. The highest BCUT2D eigenvalue weighted by Gasteiger charge is 2.06. The van der Waals surface area contributed by atoms with E-state index in [0.717, 1.165) is 32.6 Å². The maximum absolute atomic E-state index is 5.69. The van der Waals surface area contributed by atoms with Gasteiger partial charge in [0.05, 0.1) is 0 Å². The van der Waals surface area contributed by atoms with Gasteiger partial charge in [-0.25, -0.2) is 4.98 Å². The van der Waals surface area contributed by atoms with Gasteiger partial charge in [0.25, 0.3) is 5.95 Å². The van der Waals surface area contributed by atoms with Crippen molar-refractivity contribution in [2.24, 2.45) is 0 Å². The third-order valence-electron chi connectivity index (χ3n) is 3.09. The predicted molar refractivity (Wildman–Crippen MR) is 80.1 cm³/mol. The van der Waals surface area contributed by atoms with Crippen LogP contribution in [-0.2, 0) is 0 Å². The molecule has 0 aliphatic heterocycles. The van der Waals surface area contributed by atoms with Gasteiger partial charge in [-0.05, 0) is 26.1 Å². The molecule has 0 unspecified atom stereocenters. The van der Waals surface area contributed by atoms with Crippen LogP contribution in [0, 0.1) is 0 Å². The molecular formula is C12H21N9. The molecule has 0 aliphatic rings. The molecule has 9 nitrogen and oxygen atoms in total. The minimum Gasteiger partial charge on any atom is -0.368 e. The van der Waals surface area contributed by atoms with Gasteiger partial charge in [-0.2, -0.15) is 24.7 Å². The summed E-state index contributed by atoms with van der Waals surface area (Å²) in [5, 5.41) is 7.13. The quantitative estimate of drug-likeness (QED) is 0.663. The van der Waals surface area contributed by atoms with Crippen molar-refractivity contribution in [1.29, 1.82) is 0 Å². The van der Waals surface area contributed by atoms with Crippen LogP contribution < -0.4 is 11.1 Å². The van der Waals surface area contributed by atoms with Crippen molar-refractivity contribution in [3.05, 3.63) is 12.7 Å². The van der Waals surface area contributed by atoms with Gasteiger partial charge in [-0.3, -0.25) is 0 Å². The van der Waals surface area contributed by atoms with Crippen LogP contribution in [0.5, 0.6) is 0 Å². The molecule has 0 amide bonds. The first-order valence-electron chi connectivity index (χ1n) is 7.05. The van der Waals surface area contributed by atoms with Gasteiger partial charge in [0.1, 0.15) is 12.7 Å². The second kappa shape index (κ2) is 7.48. The Labute approximate surface area is 123 Å². The first-order valence-corrected chi connectivity index (χ1v) is 7.05. The fourth-order valence-corrected chi connectivity index (χ4v) is 1.92. The predicted octanol–water partition coefficient (Wildman–Crippen LogP) is 0.178. The number of rotatable bonds is 8. The summed E-state index contributed by atoms with van der Waals surface area (Å²) in [5.74, 6) is 0.959. The topological polar surface area (TPSA) is 111 Å². The average Bonchev–Trinajstić information content (AvgIpc) is 3.01. The summed E-state index contributed by atoms with van der Waals surface area (Å²) in [4.78, 5) is 18.6. The van der Waals surface area contributed by atoms with Gasteiger partial charge in [0.2, 0.25) is 11.9 Å². The summed E-state index contributed by atoms with van der Waals surface area (Å²) in [5.41, 5.74) is 5.69. The molecule has 0 spiro atoms. The second-order valence-electron chi connectivity index (χ2n) is 4.46. The van der Waals surface area contributed by atoms with Crippen LogP contribution in [0.2, 0.25) is 0 Å². The molecule has 21 heavy (non-hydrogen) atoms. The molecule has 0 fully saturated rings. The smallest absolute Gasteiger partial charge is 0.258 e. The van der Waals surface area contributed by atoms with E-state index in [0.29, 0.717) is 11.9 Å². The number of hydrogen-bond acceptors (Lipinski definition) is 8. The summed E-state index contributed by atoms with van der Waals surface area (Å²) in [6.45, 7) is 8.26. The number of nitrogen functional groups attached to an aromatic ring is 1. The Morgan fingerprint density at radius 3 is 2.71 bits per heavy atom. The number of hydrogen-bond donors (Lipinski definition) is 2. The van der Waals surface area contributed by atoms with Gasteiger partial charge >= 0.3 is 0 Å². The van der Waals surface area contributed by atoms with Crippen molar-refractivity contribution in [2.45, 2.75) is 20.3 Å². The van der Waals surface area contributed by atoms with E-state index in [4.69, 9.17) is 5.73 Å². The minimum absolute atomic E-state index is 0.154. The fraction of sp³-hybridized carbons (Fsp3) is 0.583. The van der Waals surface area contributed by atoms with Crippen LogP contribution >= 0.6 is 0 Å². The van der Waals surface area contributed by atoms with Crippen molar-refractivity contribution in [3.8, 4) is 5.95 Å². The minimum atomic E-state index is 0.154. The van der Waals surface area contributed by atoms with E-state index < -0.39 is 0 Å². The Morgan fingerprint density at radius 1 is 1.24 bits per heavy atom. The van der Waals surface area contributed by atoms with E-state index in [1.54, 1.807) is 0 Å². The molecule has 0 aromatic carbocycles. The Morgan fingerprint density at radius 2 is 2.05 bits per heavy atom. The fourth-order valence-electron chi connectivity index (χ4n) is 1.92. The van der Waals surface area contributed by atoms with Gasteiger partial charge in [-0.1, -0.05) is 13.8 Å². The van der Waals surface area contributed by atoms with E-state index in [1.165, 1.54) is 17.3 Å². The highest BCUT2D eigenvalue weighted by atomic mass is 15.4. The summed E-state index contributed by atoms with van der Waals surface area (Å²) < 4.78 is 1.44. The molecule has 2 aromatic heterocycles. The number of nitrogens with two attached hydrogens (primary N) is 1. The zero-order chi connectivity index (χ0) is 15.1. The largest absolute Gasteiger partial charge is 0.368 e. The number of nitrogens with one attached hydrogen (secondary N) is 1. The van der Waals surface area contributed by atoms with E-state index in [2.05, 4.69) is 49.1 Å². The molecular weight excluding hydrogens is 270 g/mol. The van der Waals surface area contributed by atoms with Crippen molar-refractivity contribution < 1.29 is 0 Å². The molecule has 2 aromatic rings. The third kappa shape index (κ3) is 4.35. The lowest BCUT2D eigenvalue weighted by molar-refractivity contribution is 0.303. The molecule has 0 radical (unpaired) electrons. The molecule has 2 rings (SSSR count). The zero-order valence-electron chi connectivity index (χ0n) is 12.4. The van der Waals surface area contributed by atoms with Crippen LogP contribution in [0.25, 0.3) is 5.95 Å². The maximum atomic E-state index is 5.69. The first-order chi connectivity index (χ1) is 10.2. The number of anilines is 2. The lowest BCUT2D eigenvalue weighted by Crippen LogP contribution is -2.25. The van der Waals surface area contributed by atoms with E-state index in [1.807, 2.05) is 0 Å². The first kappa shape index (κ1) is 15.1. The van der Waals surface area contributed by atoms with Crippen molar-refractivity contribution in [2.75, 3.05) is 37.2 Å².